The van der Waals surface area contributed by atoms with Crippen LogP contribution in [0.5, 0.6) is 0 Å². The summed E-state index contributed by atoms with van der Waals surface area (Å²) in [6.07, 6.45) is 0.976. The maximum Gasteiger partial charge on any atom is 0.309 e. The highest BCUT2D eigenvalue weighted by molar-refractivity contribution is 6.35. The van der Waals surface area contributed by atoms with Gasteiger partial charge in [-0.05, 0) is 49.1 Å². The molecule has 6 heteroatoms. The molecule has 3 rings (SSSR count). The Balaban J connectivity index is 1.78. The number of anilines is 1. The van der Waals surface area contributed by atoms with Crippen LogP contribution in [0.4, 0.5) is 5.69 Å². The van der Waals surface area contributed by atoms with Crippen LogP contribution in [0.1, 0.15) is 36.6 Å². The van der Waals surface area contributed by atoms with E-state index in [1.165, 1.54) is 11.1 Å². The van der Waals surface area contributed by atoms with E-state index in [0.29, 0.717) is 6.54 Å². The van der Waals surface area contributed by atoms with Crippen molar-refractivity contribution in [1.82, 2.24) is 15.5 Å². The van der Waals surface area contributed by atoms with Gasteiger partial charge in [0, 0.05) is 45.5 Å². The number of amides is 2. The van der Waals surface area contributed by atoms with Crippen LogP contribution in [0, 0.1) is 0 Å². The molecule has 6 nitrogen and oxygen atoms in total. The maximum absolute atomic E-state index is 12.3. The molecule has 2 amide bonds. The molecule has 0 radical (unpaired) electrons. The SMILES string of the molecule is CC(C)NC(=O)C(=O)NC[C@@H](c1ccc(N(C)C)cc1)N1CCc2ccccc2C1. The highest BCUT2D eigenvalue weighted by Gasteiger charge is 2.26. The van der Waals surface area contributed by atoms with E-state index >= 15 is 0 Å². The quantitative estimate of drug-likeness (QED) is 0.721. The molecule has 2 aromatic carbocycles. The first-order valence-electron chi connectivity index (χ1n) is 10.5. The van der Waals surface area contributed by atoms with Crippen LogP contribution in [-0.4, -0.2) is 49.9 Å². The van der Waals surface area contributed by atoms with Gasteiger partial charge in [0.05, 0.1) is 6.04 Å². The number of rotatable bonds is 6. The average molecular weight is 409 g/mol. The molecular formula is C24H32N4O2. The van der Waals surface area contributed by atoms with E-state index in [1.807, 2.05) is 27.9 Å². The summed E-state index contributed by atoms with van der Waals surface area (Å²) >= 11 is 0. The van der Waals surface area contributed by atoms with Crippen LogP contribution in [0.2, 0.25) is 0 Å². The Morgan fingerprint density at radius 3 is 2.30 bits per heavy atom. The van der Waals surface area contributed by atoms with Crippen LogP contribution in [0.15, 0.2) is 48.5 Å². The van der Waals surface area contributed by atoms with Gasteiger partial charge in [-0.3, -0.25) is 14.5 Å². The van der Waals surface area contributed by atoms with Crippen molar-refractivity contribution >= 4 is 17.5 Å². The molecular weight excluding hydrogens is 376 g/mol. The molecule has 0 aliphatic carbocycles. The van der Waals surface area contributed by atoms with Crippen molar-refractivity contribution in [2.45, 2.75) is 38.9 Å². The topological polar surface area (TPSA) is 64.7 Å². The van der Waals surface area contributed by atoms with Crippen molar-refractivity contribution < 1.29 is 9.59 Å². The van der Waals surface area contributed by atoms with Gasteiger partial charge >= 0.3 is 11.8 Å². The molecule has 1 heterocycles. The Bertz CT molecular complexity index is 877. The predicted octanol–water partition coefficient (Wildman–Crippen LogP) is 2.49. The van der Waals surface area contributed by atoms with Crippen molar-refractivity contribution in [1.29, 1.82) is 0 Å². The van der Waals surface area contributed by atoms with Gasteiger partial charge in [-0.2, -0.15) is 0 Å². The van der Waals surface area contributed by atoms with E-state index in [0.717, 1.165) is 30.8 Å². The van der Waals surface area contributed by atoms with Crippen LogP contribution in [0.25, 0.3) is 0 Å². The van der Waals surface area contributed by atoms with Gasteiger partial charge in [0.25, 0.3) is 0 Å². The Kier molecular flexibility index (Phi) is 7.11. The number of fused-ring (bicyclic) bond motifs is 1. The summed E-state index contributed by atoms with van der Waals surface area (Å²) in [5, 5.41) is 5.49. The van der Waals surface area contributed by atoms with E-state index in [-0.39, 0.29) is 12.1 Å². The average Bonchev–Trinajstić information content (AvgIpc) is 2.73. The van der Waals surface area contributed by atoms with Crippen molar-refractivity contribution in [3.63, 3.8) is 0 Å². The van der Waals surface area contributed by atoms with Gasteiger partial charge in [-0.1, -0.05) is 36.4 Å². The number of benzene rings is 2. The van der Waals surface area contributed by atoms with E-state index in [2.05, 4.69) is 69.0 Å². The number of carbonyl (C=O) groups excluding carboxylic acids is 2. The van der Waals surface area contributed by atoms with Gasteiger partial charge in [-0.25, -0.2) is 0 Å². The van der Waals surface area contributed by atoms with Gasteiger partial charge < -0.3 is 15.5 Å². The van der Waals surface area contributed by atoms with E-state index in [1.54, 1.807) is 0 Å². The molecule has 0 spiro atoms. The van der Waals surface area contributed by atoms with Crippen LogP contribution >= 0.6 is 0 Å². The standard InChI is InChI=1S/C24H32N4O2/c1-17(2)26-24(30)23(29)25-15-22(19-9-11-21(12-10-19)27(3)4)28-14-13-18-7-5-6-8-20(18)16-28/h5-12,17,22H,13-16H2,1-4H3,(H,25,29)(H,26,30)/t22-/m0/s1. The molecule has 0 fully saturated rings. The van der Waals surface area contributed by atoms with Gasteiger partial charge in [0.2, 0.25) is 0 Å². The summed E-state index contributed by atoms with van der Waals surface area (Å²) in [4.78, 5) is 28.8. The fraction of sp³-hybridized carbons (Fsp3) is 0.417. The third-order valence-electron chi connectivity index (χ3n) is 5.48. The zero-order valence-electron chi connectivity index (χ0n) is 18.3. The Morgan fingerprint density at radius 1 is 1.00 bits per heavy atom. The lowest BCUT2D eigenvalue weighted by atomic mass is 9.96. The highest BCUT2D eigenvalue weighted by atomic mass is 16.2. The molecule has 1 atom stereocenters. The van der Waals surface area contributed by atoms with E-state index in [9.17, 15) is 9.59 Å². The number of nitrogens with one attached hydrogen (secondary N) is 2. The first-order chi connectivity index (χ1) is 14.3. The fourth-order valence-electron chi connectivity index (χ4n) is 3.83. The van der Waals surface area contributed by atoms with Crippen LogP contribution in [0.3, 0.4) is 0 Å². The van der Waals surface area contributed by atoms with E-state index < -0.39 is 11.8 Å². The van der Waals surface area contributed by atoms with Gasteiger partial charge in [0.1, 0.15) is 0 Å². The predicted molar refractivity (Wildman–Crippen MR) is 120 cm³/mol. The smallest absolute Gasteiger partial charge is 0.309 e. The molecule has 0 saturated heterocycles. The summed E-state index contributed by atoms with van der Waals surface area (Å²) in [5.74, 6) is -1.17. The summed E-state index contributed by atoms with van der Waals surface area (Å²) in [6, 6.07) is 16.8. The van der Waals surface area contributed by atoms with Gasteiger partial charge in [0.15, 0.2) is 0 Å². The lowest BCUT2D eigenvalue weighted by Gasteiger charge is -2.36. The minimum Gasteiger partial charge on any atom is -0.378 e. The maximum atomic E-state index is 12.3. The number of nitrogens with zero attached hydrogens (tertiary/aromatic N) is 2. The van der Waals surface area contributed by atoms with E-state index in [4.69, 9.17) is 0 Å². The lowest BCUT2D eigenvalue weighted by molar-refractivity contribution is -0.139. The van der Waals surface area contributed by atoms with Crippen LogP contribution in [-0.2, 0) is 22.6 Å². The molecule has 160 valence electrons. The summed E-state index contributed by atoms with van der Waals surface area (Å²) in [5.41, 5.74) is 4.96. The Labute approximate surface area is 179 Å². The fourth-order valence-corrected chi connectivity index (χ4v) is 3.83. The van der Waals surface area contributed by atoms with Crippen LogP contribution < -0.4 is 15.5 Å². The molecule has 1 aliphatic heterocycles. The number of carbonyl (C=O) groups is 2. The normalized spacial score (nSPS) is 14.7. The highest BCUT2D eigenvalue weighted by Crippen LogP contribution is 2.28. The Hall–Kier alpha value is -2.86. The first-order valence-corrected chi connectivity index (χ1v) is 10.5. The van der Waals surface area contributed by atoms with Crippen molar-refractivity contribution in [2.24, 2.45) is 0 Å². The first kappa shape index (κ1) is 21.8. The lowest BCUT2D eigenvalue weighted by Crippen LogP contribution is -2.46. The second kappa shape index (κ2) is 9.76. The minimum absolute atomic E-state index is 0.00892. The second-order valence-corrected chi connectivity index (χ2v) is 8.33. The zero-order valence-corrected chi connectivity index (χ0v) is 18.3. The summed E-state index contributed by atoms with van der Waals surface area (Å²) in [6.45, 7) is 5.79. The largest absolute Gasteiger partial charge is 0.378 e. The molecule has 2 N–H and O–H groups in total. The monoisotopic (exact) mass is 408 g/mol. The van der Waals surface area contributed by atoms with Crippen molar-refractivity contribution in [3.05, 3.63) is 65.2 Å². The molecule has 0 bridgehead atoms. The molecule has 0 saturated carbocycles. The molecule has 2 aromatic rings. The Morgan fingerprint density at radius 2 is 1.67 bits per heavy atom. The van der Waals surface area contributed by atoms with Gasteiger partial charge in [-0.15, -0.1) is 0 Å². The second-order valence-electron chi connectivity index (χ2n) is 8.33. The molecule has 1 aliphatic rings. The summed E-state index contributed by atoms with van der Waals surface area (Å²) < 4.78 is 0. The third-order valence-corrected chi connectivity index (χ3v) is 5.48. The zero-order chi connectivity index (χ0) is 21.7. The molecule has 0 aromatic heterocycles. The third kappa shape index (κ3) is 5.39. The minimum atomic E-state index is -0.587. The summed E-state index contributed by atoms with van der Waals surface area (Å²) in [7, 11) is 4.03. The van der Waals surface area contributed by atoms with Crippen molar-refractivity contribution in [3.8, 4) is 0 Å². The molecule has 0 unspecified atom stereocenters. The van der Waals surface area contributed by atoms with Crippen molar-refractivity contribution in [2.75, 3.05) is 32.1 Å². The number of hydrogen-bond acceptors (Lipinski definition) is 4. The molecule has 30 heavy (non-hydrogen) atoms. The number of hydrogen-bond donors (Lipinski definition) is 2.